The highest BCUT2D eigenvalue weighted by molar-refractivity contribution is 6.06. The molecule has 0 saturated heterocycles. The molecule has 7 heteroatoms. The van der Waals surface area contributed by atoms with E-state index in [4.69, 9.17) is 0 Å². The van der Waals surface area contributed by atoms with Crippen LogP contribution >= 0.6 is 0 Å². The quantitative estimate of drug-likeness (QED) is 0.729. The second kappa shape index (κ2) is 5.09. The molecule has 0 fully saturated rings. The number of nitrogens with zero attached hydrogens (tertiary/aromatic N) is 2. The smallest absolute Gasteiger partial charge is 0.264 e. The molecular formula is C11H11N5O2. The van der Waals surface area contributed by atoms with Crippen molar-refractivity contribution >= 4 is 17.5 Å². The van der Waals surface area contributed by atoms with Crippen LogP contribution in [0.5, 0.6) is 0 Å². The minimum Gasteiger partial charge on any atom is -0.372 e. The molecule has 0 radical (unpaired) electrons. The number of nitrogens with one attached hydrogen (secondary N) is 3. The highest BCUT2D eigenvalue weighted by Gasteiger charge is 2.11. The molecule has 2 rings (SSSR count). The van der Waals surface area contributed by atoms with Gasteiger partial charge in [-0.15, -0.1) is 0 Å². The lowest BCUT2D eigenvalue weighted by Crippen LogP contribution is -2.17. The molecular weight excluding hydrogens is 234 g/mol. The molecule has 0 bridgehead atoms. The average Bonchev–Trinajstić information content (AvgIpc) is 2.41. The van der Waals surface area contributed by atoms with Crippen LogP contribution in [0.25, 0.3) is 0 Å². The molecule has 92 valence electrons. The Kier molecular flexibility index (Phi) is 3.33. The molecule has 0 aromatic carbocycles. The number of aromatic nitrogens is 3. The summed E-state index contributed by atoms with van der Waals surface area (Å²) in [5.41, 5.74) is 0.0679. The maximum atomic E-state index is 12.0. The van der Waals surface area contributed by atoms with Crippen molar-refractivity contribution in [2.75, 3.05) is 17.7 Å². The normalized spacial score (nSPS) is 9.83. The van der Waals surface area contributed by atoms with Gasteiger partial charge in [-0.2, -0.15) is 5.10 Å². The Hall–Kier alpha value is -2.70. The number of pyridine rings is 1. The van der Waals surface area contributed by atoms with Crippen molar-refractivity contribution in [3.8, 4) is 0 Å². The minimum absolute atomic E-state index is 0.269. The van der Waals surface area contributed by atoms with Gasteiger partial charge in [0.05, 0.1) is 5.56 Å². The number of rotatable bonds is 3. The van der Waals surface area contributed by atoms with E-state index < -0.39 is 0 Å². The van der Waals surface area contributed by atoms with Crippen molar-refractivity contribution in [2.24, 2.45) is 0 Å². The summed E-state index contributed by atoms with van der Waals surface area (Å²) in [7, 11) is 1.68. The van der Waals surface area contributed by atoms with E-state index in [1.54, 1.807) is 25.4 Å². The van der Waals surface area contributed by atoms with Gasteiger partial charge < -0.3 is 10.6 Å². The second-order valence-electron chi connectivity index (χ2n) is 3.41. The molecule has 0 aliphatic heterocycles. The first-order valence-electron chi connectivity index (χ1n) is 5.20. The van der Waals surface area contributed by atoms with Gasteiger partial charge in [-0.1, -0.05) is 0 Å². The van der Waals surface area contributed by atoms with E-state index >= 15 is 0 Å². The lowest BCUT2D eigenvalue weighted by Gasteiger charge is -2.07. The third-order valence-corrected chi connectivity index (χ3v) is 2.21. The number of hydrogen-bond acceptors (Lipinski definition) is 5. The number of amides is 1. The van der Waals surface area contributed by atoms with E-state index in [1.807, 2.05) is 0 Å². The zero-order valence-electron chi connectivity index (χ0n) is 9.60. The Morgan fingerprint density at radius 3 is 2.83 bits per heavy atom. The number of aromatic amines is 1. The van der Waals surface area contributed by atoms with Gasteiger partial charge in [-0.05, 0) is 18.2 Å². The third kappa shape index (κ3) is 2.51. The van der Waals surface area contributed by atoms with Crippen molar-refractivity contribution in [2.45, 2.75) is 0 Å². The first-order chi connectivity index (χ1) is 8.70. The van der Waals surface area contributed by atoms with E-state index in [0.717, 1.165) is 0 Å². The van der Waals surface area contributed by atoms with Crippen LogP contribution in [0.3, 0.4) is 0 Å². The van der Waals surface area contributed by atoms with Crippen LogP contribution < -0.4 is 16.2 Å². The first-order valence-corrected chi connectivity index (χ1v) is 5.20. The van der Waals surface area contributed by atoms with Gasteiger partial charge in [0, 0.05) is 19.3 Å². The molecule has 18 heavy (non-hydrogen) atoms. The largest absolute Gasteiger partial charge is 0.372 e. The first kappa shape index (κ1) is 11.8. The Balaban J connectivity index is 2.21. The van der Waals surface area contributed by atoms with E-state index in [2.05, 4.69) is 25.8 Å². The number of hydrogen-bond donors (Lipinski definition) is 3. The monoisotopic (exact) mass is 245 g/mol. The summed E-state index contributed by atoms with van der Waals surface area (Å²) in [5, 5.41) is 11.3. The van der Waals surface area contributed by atoms with Gasteiger partial charge in [0.15, 0.2) is 5.82 Å². The van der Waals surface area contributed by atoms with Crippen LogP contribution in [0, 0.1) is 0 Å². The van der Waals surface area contributed by atoms with Crippen LogP contribution in [0.15, 0.2) is 35.3 Å². The fourth-order valence-electron chi connectivity index (χ4n) is 1.39. The summed E-state index contributed by atoms with van der Waals surface area (Å²) in [6, 6.07) is 6.01. The summed E-state index contributed by atoms with van der Waals surface area (Å²) < 4.78 is 0. The molecule has 0 saturated carbocycles. The maximum Gasteiger partial charge on any atom is 0.264 e. The summed E-state index contributed by atoms with van der Waals surface area (Å²) in [4.78, 5) is 26.8. The topological polar surface area (TPSA) is 99.8 Å². The SMILES string of the molecule is CNc1ncccc1C(=O)Nc1ccc(=O)[nH]n1. The molecule has 0 unspecified atom stereocenters. The van der Waals surface area contributed by atoms with Gasteiger partial charge in [0.1, 0.15) is 5.82 Å². The van der Waals surface area contributed by atoms with Gasteiger partial charge in [-0.3, -0.25) is 9.59 Å². The van der Waals surface area contributed by atoms with Crippen LogP contribution in [0.1, 0.15) is 10.4 Å². The highest BCUT2D eigenvalue weighted by Crippen LogP contribution is 2.12. The van der Waals surface area contributed by atoms with E-state index in [9.17, 15) is 9.59 Å². The molecule has 0 aliphatic carbocycles. The zero-order valence-corrected chi connectivity index (χ0v) is 9.60. The third-order valence-electron chi connectivity index (χ3n) is 2.21. The Morgan fingerprint density at radius 1 is 1.33 bits per heavy atom. The fraction of sp³-hybridized carbons (Fsp3) is 0.0909. The number of anilines is 2. The lowest BCUT2D eigenvalue weighted by atomic mass is 10.2. The van der Waals surface area contributed by atoms with Crippen LogP contribution in [-0.4, -0.2) is 28.1 Å². The Morgan fingerprint density at radius 2 is 2.17 bits per heavy atom. The number of carbonyl (C=O) groups is 1. The number of carbonyl (C=O) groups excluding carboxylic acids is 1. The van der Waals surface area contributed by atoms with Crippen molar-refractivity contribution in [1.29, 1.82) is 0 Å². The Bertz CT molecular complexity index is 602. The molecule has 2 aromatic rings. The molecule has 2 heterocycles. The summed E-state index contributed by atoms with van der Waals surface area (Å²) >= 11 is 0. The average molecular weight is 245 g/mol. The van der Waals surface area contributed by atoms with Gasteiger partial charge in [0.2, 0.25) is 0 Å². The zero-order chi connectivity index (χ0) is 13.0. The molecule has 0 aliphatic rings. The summed E-state index contributed by atoms with van der Waals surface area (Å²) in [5.74, 6) is 0.386. The van der Waals surface area contributed by atoms with Crippen LogP contribution in [-0.2, 0) is 0 Å². The van der Waals surface area contributed by atoms with E-state index in [1.165, 1.54) is 12.1 Å². The maximum absolute atomic E-state index is 12.0. The van der Waals surface area contributed by atoms with Crippen molar-refractivity contribution in [3.05, 3.63) is 46.4 Å². The molecule has 3 N–H and O–H groups in total. The van der Waals surface area contributed by atoms with Crippen molar-refractivity contribution in [1.82, 2.24) is 15.2 Å². The summed E-state index contributed by atoms with van der Waals surface area (Å²) in [6.45, 7) is 0. The van der Waals surface area contributed by atoms with Crippen LogP contribution in [0.4, 0.5) is 11.6 Å². The Labute approximate surface area is 102 Å². The van der Waals surface area contributed by atoms with Gasteiger partial charge in [-0.25, -0.2) is 10.1 Å². The predicted molar refractivity (Wildman–Crippen MR) is 66.6 cm³/mol. The van der Waals surface area contributed by atoms with Crippen LogP contribution in [0.2, 0.25) is 0 Å². The molecule has 7 nitrogen and oxygen atoms in total. The molecule has 2 aromatic heterocycles. The van der Waals surface area contributed by atoms with Crippen molar-refractivity contribution < 1.29 is 4.79 Å². The highest BCUT2D eigenvalue weighted by atomic mass is 16.2. The molecule has 1 amide bonds. The van der Waals surface area contributed by atoms with Crippen molar-refractivity contribution in [3.63, 3.8) is 0 Å². The number of H-pyrrole nitrogens is 1. The van der Waals surface area contributed by atoms with Gasteiger partial charge >= 0.3 is 0 Å². The minimum atomic E-state index is -0.355. The summed E-state index contributed by atoms with van der Waals surface area (Å²) in [6.07, 6.45) is 1.58. The fourth-order valence-corrected chi connectivity index (χ4v) is 1.39. The van der Waals surface area contributed by atoms with Gasteiger partial charge in [0.25, 0.3) is 11.5 Å². The van der Waals surface area contributed by atoms with E-state index in [0.29, 0.717) is 11.4 Å². The van der Waals surface area contributed by atoms with E-state index in [-0.39, 0.29) is 17.3 Å². The second-order valence-corrected chi connectivity index (χ2v) is 3.41. The standard InChI is InChI=1S/C11H11N5O2/c1-12-10-7(3-2-6-13-10)11(18)14-8-4-5-9(17)16-15-8/h2-6H,1H3,(H,12,13)(H,16,17)(H,14,15,18). The molecule has 0 spiro atoms. The molecule has 0 atom stereocenters. The predicted octanol–water partition coefficient (Wildman–Crippen LogP) is 0.459. The lowest BCUT2D eigenvalue weighted by molar-refractivity contribution is 0.102.